The fourth-order valence-corrected chi connectivity index (χ4v) is 1.90. The molecule has 1 amide bonds. The third kappa shape index (κ3) is 2.60. The van der Waals surface area contributed by atoms with E-state index in [4.69, 9.17) is 22.3 Å². The molecule has 1 aromatic carbocycles. The number of anilines is 1. The van der Waals surface area contributed by atoms with Crippen molar-refractivity contribution in [2.75, 3.05) is 5.32 Å². The van der Waals surface area contributed by atoms with Crippen molar-refractivity contribution >= 4 is 43.4 Å². The first-order chi connectivity index (χ1) is 6.45. The lowest BCUT2D eigenvalue weighted by Gasteiger charge is -2.02. The minimum absolute atomic E-state index is 0.110. The zero-order valence-electron chi connectivity index (χ0n) is 6.70. The van der Waals surface area contributed by atoms with Crippen molar-refractivity contribution in [2.24, 2.45) is 0 Å². The smallest absolute Gasteiger partial charge is 0.261 e. The first-order valence-electron chi connectivity index (χ1n) is 3.39. The summed E-state index contributed by atoms with van der Waals surface area (Å²) in [6.07, 6.45) is 0.441. The lowest BCUT2D eigenvalue weighted by Crippen LogP contribution is -1.96. The van der Waals surface area contributed by atoms with Crippen LogP contribution in [0.15, 0.2) is 23.1 Å². The summed E-state index contributed by atoms with van der Waals surface area (Å²) in [6, 6.07) is 3.77. The Bertz CT molecular complexity index is 458. The Morgan fingerprint density at radius 1 is 1.36 bits per heavy atom. The number of amides is 1. The quantitative estimate of drug-likeness (QED) is 0.661. The molecule has 0 heterocycles. The molecule has 1 N–H and O–H groups in total. The van der Waals surface area contributed by atoms with Gasteiger partial charge < -0.3 is 5.32 Å². The molecule has 0 aliphatic rings. The molecule has 0 saturated carbocycles. The summed E-state index contributed by atoms with van der Waals surface area (Å²) in [6.45, 7) is 0. The van der Waals surface area contributed by atoms with Gasteiger partial charge in [0.25, 0.3) is 9.05 Å². The maximum absolute atomic E-state index is 10.9. The topological polar surface area (TPSA) is 63.2 Å². The fourth-order valence-electron chi connectivity index (χ4n) is 0.828. The maximum Gasteiger partial charge on any atom is 0.261 e. The minimum atomic E-state index is -3.79. The van der Waals surface area contributed by atoms with Crippen LogP contribution in [0.1, 0.15) is 0 Å². The molecular weight excluding hydrogens is 249 g/mol. The Morgan fingerprint density at radius 3 is 2.43 bits per heavy atom. The van der Waals surface area contributed by atoms with Crippen LogP contribution in [-0.2, 0) is 13.8 Å². The fraction of sp³-hybridized carbons (Fsp3) is 0. The van der Waals surface area contributed by atoms with E-state index in [0.29, 0.717) is 12.1 Å². The molecule has 14 heavy (non-hydrogen) atoms. The summed E-state index contributed by atoms with van der Waals surface area (Å²) < 4.78 is 21.7. The average Bonchev–Trinajstić information content (AvgIpc) is 2.07. The van der Waals surface area contributed by atoms with Crippen LogP contribution in [0.4, 0.5) is 5.69 Å². The highest BCUT2D eigenvalue weighted by Crippen LogP contribution is 2.26. The summed E-state index contributed by atoms with van der Waals surface area (Å²) in [5.41, 5.74) is 0.325. The lowest BCUT2D eigenvalue weighted by molar-refractivity contribution is -0.105. The summed E-state index contributed by atoms with van der Waals surface area (Å²) in [7, 11) is 1.30. The second-order valence-electron chi connectivity index (χ2n) is 2.34. The SMILES string of the molecule is O=CNc1ccc(S(=O)(=O)Cl)cc1Cl. The Morgan fingerprint density at radius 2 is 2.00 bits per heavy atom. The molecular formula is C7H5Cl2NO3S. The summed E-state index contributed by atoms with van der Waals surface area (Å²) in [5, 5.41) is 2.41. The van der Waals surface area contributed by atoms with Gasteiger partial charge in [-0.15, -0.1) is 0 Å². The van der Waals surface area contributed by atoms with Crippen LogP contribution in [0.5, 0.6) is 0 Å². The lowest BCUT2D eigenvalue weighted by atomic mass is 10.3. The van der Waals surface area contributed by atoms with Gasteiger partial charge in [0, 0.05) is 10.7 Å². The molecule has 0 unspecified atom stereocenters. The van der Waals surface area contributed by atoms with Gasteiger partial charge in [-0.1, -0.05) is 11.6 Å². The van der Waals surface area contributed by atoms with Crippen LogP contribution >= 0.6 is 22.3 Å². The van der Waals surface area contributed by atoms with Crippen molar-refractivity contribution in [1.29, 1.82) is 0 Å². The van der Waals surface area contributed by atoms with E-state index in [-0.39, 0.29) is 9.92 Å². The molecule has 0 atom stereocenters. The van der Waals surface area contributed by atoms with Gasteiger partial charge in [-0.05, 0) is 18.2 Å². The van der Waals surface area contributed by atoms with Gasteiger partial charge in [-0.25, -0.2) is 8.42 Å². The zero-order chi connectivity index (χ0) is 10.8. The minimum Gasteiger partial charge on any atom is -0.327 e. The molecule has 1 aromatic rings. The molecule has 0 aromatic heterocycles. The molecule has 0 spiro atoms. The molecule has 0 aliphatic heterocycles. The number of nitrogens with one attached hydrogen (secondary N) is 1. The number of hydrogen-bond acceptors (Lipinski definition) is 3. The van der Waals surface area contributed by atoms with E-state index < -0.39 is 9.05 Å². The largest absolute Gasteiger partial charge is 0.327 e. The van der Waals surface area contributed by atoms with Gasteiger partial charge in [-0.3, -0.25) is 4.79 Å². The average molecular weight is 254 g/mol. The third-order valence-corrected chi connectivity index (χ3v) is 3.10. The maximum atomic E-state index is 10.9. The van der Waals surface area contributed by atoms with Gasteiger partial charge in [-0.2, -0.15) is 0 Å². The number of carbonyl (C=O) groups is 1. The summed E-state index contributed by atoms with van der Waals surface area (Å²) in [4.78, 5) is 9.98. The Balaban J connectivity index is 3.19. The molecule has 0 radical (unpaired) electrons. The van der Waals surface area contributed by atoms with E-state index in [9.17, 15) is 13.2 Å². The second kappa shape index (κ2) is 4.16. The molecule has 0 aliphatic carbocycles. The highest BCUT2D eigenvalue weighted by molar-refractivity contribution is 8.13. The van der Waals surface area contributed by atoms with E-state index in [0.717, 1.165) is 6.07 Å². The third-order valence-electron chi connectivity index (χ3n) is 1.44. The molecule has 76 valence electrons. The van der Waals surface area contributed by atoms with Gasteiger partial charge in [0.2, 0.25) is 6.41 Å². The van der Waals surface area contributed by atoms with Gasteiger partial charge in [0.05, 0.1) is 15.6 Å². The zero-order valence-corrected chi connectivity index (χ0v) is 9.03. The Kier molecular flexibility index (Phi) is 3.36. The van der Waals surface area contributed by atoms with E-state index >= 15 is 0 Å². The predicted molar refractivity (Wildman–Crippen MR) is 54.2 cm³/mol. The van der Waals surface area contributed by atoms with E-state index in [1.54, 1.807) is 0 Å². The molecule has 0 bridgehead atoms. The van der Waals surface area contributed by atoms with Crippen molar-refractivity contribution < 1.29 is 13.2 Å². The van der Waals surface area contributed by atoms with Gasteiger partial charge in [0.1, 0.15) is 0 Å². The summed E-state index contributed by atoms with van der Waals surface area (Å²) >= 11 is 5.67. The summed E-state index contributed by atoms with van der Waals surface area (Å²) in [5.74, 6) is 0. The standard InChI is InChI=1S/C7H5Cl2NO3S/c8-6-3-5(14(9,12)13)1-2-7(6)10-4-11/h1-4H,(H,10,11). The number of halogens is 2. The van der Waals surface area contributed by atoms with Gasteiger partial charge >= 0.3 is 0 Å². The number of carbonyl (C=O) groups excluding carboxylic acids is 1. The molecule has 0 fully saturated rings. The van der Waals surface area contributed by atoms with Crippen LogP contribution < -0.4 is 5.32 Å². The monoisotopic (exact) mass is 253 g/mol. The van der Waals surface area contributed by atoms with Crippen molar-refractivity contribution in [3.05, 3.63) is 23.2 Å². The molecule has 1 rings (SSSR count). The highest BCUT2D eigenvalue weighted by Gasteiger charge is 2.11. The number of hydrogen-bond donors (Lipinski definition) is 1. The molecule has 4 nitrogen and oxygen atoms in total. The van der Waals surface area contributed by atoms with Crippen LogP contribution in [-0.4, -0.2) is 14.8 Å². The van der Waals surface area contributed by atoms with Gasteiger partial charge in [0.15, 0.2) is 0 Å². The highest BCUT2D eigenvalue weighted by atomic mass is 35.7. The number of rotatable bonds is 3. The van der Waals surface area contributed by atoms with E-state index in [1.165, 1.54) is 12.1 Å². The second-order valence-corrected chi connectivity index (χ2v) is 5.31. The first kappa shape index (κ1) is 11.3. The predicted octanol–water partition coefficient (Wildman–Crippen LogP) is 1.84. The Hall–Kier alpha value is -0.780. The van der Waals surface area contributed by atoms with Crippen molar-refractivity contribution in [2.45, 2.75) is 4.90 Å². The van der Waals surface area contributed by atoms with Crippen molar-refractivity contribution in [1.82, 2.24) is 0 Å². The van der Waals surface area contributed by atoms with Crippen LogP contribution in [0.2, 0.25) is 5.02 Å². The molecule has 7 heteroatoms. The van der Waals surface area contributed by atoms with Crippen molar-refractivity contribution in [3.8, 4) is 0 Å². The van der Waals surface area contributed by atoms with Crippen molar-refractivity contribution in [3.63, 3.8) is 0 Å². The van der Waals surface area contributed by atoms with Crippen LogP contribution in [0.25, 0.3) is 0 Å². The first-order valence-corrected chi connectivity index (χ1v) is 6.08. The van der Waals surface area contributed by atoms with E-state index in [2.05, 4.69) is 5.32 Å². The van der Waals surface area contributed by atoms with E-state index in [1.807, 2.05) is 0 Å². The number of benzene rings is 1. The Labute approximate surface area is 90.2 Å². The van der Waals surface area contributed by atoms with Crippen LogP contribution in [0, 0.1) is 0 Å². The normalized spacial score (nSPS) is 11.0. The molecule has 0 saturated heterocycles. The van der Waals surface area contributed by atoms with Crippen LogP contribution in [0.3, 0.4) is 0 Å².